The summed E-state index contributed by atoms with van der Waals surface area (Å²) in [4.78, 5) is 0. The van der Waals surface area contributed by atoms with Gasteiger partial charge in [0.2, 0.25) is 0 Å². The Bertz CT molecular complexity index is 276. The molecule has 1 aromatic rings. The fourth-order valence-corrected chi connectivity index (χ4v) is 0.981. The minimum absolute atomic E-state index is 0.0960. The molecular weight excluding hydrogens is 244 g/mol. The first-order valence-electron chi connectivity index (χ1n) is 3.56. The minimum atomic E-state index is -3.30. The monoisotopic (exact) mass is 251 g/mol. The van der Waals surface area contributed by atoms with Crippen LogP contribution in [0.15, 0.2) is 28.7 Å². The van der Waals surface area contributed by atoms with Gasteiger partial charge >= 0.3 is 6.11 Å². The number of halogens is 3. The molecule has 0 aliphatic heterocycles. The molecule has 0 aliphatic carbocycles. The molecular formula is C8H8BrF2NO. The van der Waals surface area contributed by atoms with Crippen LogP contribution in [0, 0.1) is 0 Å². The molecule has 2 nitrogen and oxygen atoms in total. The Morgan fingerprint density at radius 3 is 2.31 bits per heavy atom. The van der Waals surface area contributed by atoms with Gasteiger partial charge in [-0.2, -0.15) is 8.78 Å². The summed E-state index contributed by atoms with van der Waals surface area (Å²) in [6.45, 7) is -0.830. The van der Waals surface area contributed by atoms with Crippen LogP contribution in [0.2, 0.25) is 0 Å². The summed E-state index contributed by atoms with van der Waals surface area (Å²) in [7, 11) is 0. The molecule has 5 heteroatoms. The second-order valence-corrected chi connectivity index (χ2v) is 3.31. The molecule has 0 amide bonds. The van der Waals surface area contributed by atoms with Crippen molar-refractivity contribution < 1.29 is 13.5 Å². The Balaban J connectivity index is 2.69. The van der Waals surface area contributed by atoms with E-state index in [2.05, 4.69) is 20.7 Å². The van der Waals surface area contributed by atoms with Crippen molar-refractivity contribution in [1.29, 1.82) is 0 Å². The van der Waals surface area contributed by atoms with Crippen LogP contribution in [0.1, 0.15) is 0 Å². The van der Waals surface area contributed by atoms with Crippen LogP contribution < -0.4 is 10.5 Å². The van der Waals surface area contributed by atoms with Crippen LogP contribution in [-0.2, 0) is 0 Å². The average molecular weight is 252 g/mol. The third-order valence-corrected chi connectivity index (χ3v) is 1.85. The summed E-state index contributed by atoms with van der Waals surface area (Å²) in [6.07, 6.45) is -3.30. The molecule has 72 valence electrons. The highest BCUT2D eigenvalue weighted by molar-refractivity contribution is 9.10. The highest BCUT2D eigenvalue weighted by Gasteiger charge is 2.28. The Morgan fingerprint density at radius 2 is 1.85 bits per heavy atom. The molecule has 0 aromatic heterocycles. The van der Waals surface area contributed by atoms with Crippen LogP contribution in [0.5, 0.6) is 5.75 Å². The number of ether oxygens (including phenoxy) is 1. The van der Waals surface area contributed by atoms with E-state index in [1.807, 2.05) is 0 Å². The van der Waals surface area contributed by atoms with Crippen molar-refractivity contribution in [1.82, 2.24) is 0 Å². The van der Waals surface area contributed by atoms with Gasteiger partial charge in [-0.05, 0) is 24.3 Å². The Kier molecular flexibility index (Phi) is 3.22. The molecule has 0 atom stereocenters. The lowest BCUT2D eigenvalue weighted by Gasteiger charge is -2.15. The van der Waals surface area contributed by atoms with Gasteiger partial charge in [0, 0.05) is 4.47 Å². The van der Waals surface area contributed by atoms with Gasteiger partial charge in [0.1, 0.15) is 5.75 Å². The van der Waals surface area contributed by atoms with E-state index in [9.17, 15) is 8.78 Å². The first kappa shape index (κ1) is 10.4. The van der Waals surface area contributed by atoms with Gasteiger partial charge in [-0.1, -0.05) is 15.9 Å². The molecule has 0 unspecified atom stereocenters. The molecule has 1 aromatic carbocycles. The number of benzene rings is 1. The Morgan fingerprint density at radius 1 is 1.31 bits per heavy atom. The van der Waals surface area contributed by atoms with Crippen molar-refractivity contribution in [3.63, 3.8) is 0 Å². The SMILES string of the molecule is NCC(F)(F)Oc1ccc(Br)cc1. The lowest BCUT2D eigenvalue weighted by Crippen LogP contribution is -2.34. The Hall–Kier alpha value is -0.680. The predicted molar refractivity (Wildman–Crippen MR) is 48.8 cm³/mol. The molecule has 0 fully saturated rings. The maximum absolute atomic E-state index is 12.6. The zero-order chi connectivity index (χ0) is 9.90. The predicted octanol–water partition coefficient (Wildman–Crippen LogP) is 2.38. The van der Waals surface area contributed by atoms with Crippen molar-refractivity contribution in [2.24, 2.45) is 5.73 Å². The number of rotatable bonds is 3. The molecule has 0 bridgehead atoms. The van der Waals surface area contributed by atoms with E-state index in [1.54, 1.807) is 12.1 Å². The normalized spacial score (nSPS) is 11.4. The van der Waals surface area contributed by atoms with Crippen LogP contribution in [0.3, 0.4) is 0 Å². The quantitative estimate of drug-likeness (QED) is 0.896. The summed E-state index contributed by atoms with van der Waals surface area (Å²) >= 11 is 3.17. The third kappa shape index (κ3) is 3.28. The first-order valence-corrected chi connectivity index (χ1v) is 4.35. The van der Waals surface area contributed by atoms with Crippen molar-refractivity contribution in [3.8, 4) is 5.75 Å². The van der Waals surface area contributed by atoms with E-state index in [4.69, 9.17) is 5.73 Å². The second-order valence-electron chi connectivity index (χ2n) is 2.40. The third-order valence-electron chi connectivity index (χ3n) is 1.32. The van der Waals surface area contributed by atoms with Gasteiger partial charge in [0.25, 0.3) is 0 Å². The van der Waals surface area contributed by atoms with Crippen molar-refractivity contribution >= 4 is 15.9 Å². The van der Waals surface area contributed by atoms with Crippen LogP contribution in [0.4, 0.5) is 8.78 Å². The molecule has 13 heavy (non-hydrogen) atoms. The van der Waals surface area contributed by atoms with Gasteiger partial charge in [0.15, 0.2) is 0 Å². The molecule has 2 N–H and O–H groups in total. The molecule has 0 heterocycles. The molecule has 0 aliphatic rings. The molecule has 1 rings (SSSR count). The minimum Gasteiger partial charge on any atom is -0.432 e. The standard InChI is InChI=1S/C8H8BrF2NO/c9-6-1-3-7(4-2-6)13-8(10,11)5-12/h1-4H,5,12H2. The maximum atomic E-state index is 12.6. The summed E-state index contributed by atoms with van der Waals surface area (Å²) in [5.74, 6) is 0.0960. The fourth-order valence-electron chi connectivity index (χ4n) is 0.717. The largest absolute Gasteiger partial charge is 0.432 e. The van der Waals surface area contributed by atoms with Crippen LogP contribution >= 0.6 is 15.9 Å². The maximum Gasteiger partial charge on any atom is 0.410 e. The first-order chi connectivity index (χ1) is 6.03. The molecule has 0 spiro atoms. The lowest BCUT2D eigenvalue weighted by atomic mass is 10.3. The highest BCUT2D eigenvalue weighted by Crippen LogP contribution is 2.22. The summed E-state index contributed by atoms with van der Waals surface area (Å²) < 4.78 is 30.3. The lowest BCUT2D eigenvalue weighted by molar-refractivity contribution is -0.166. The highest BCUT2D eigenvalue weighted by atomic mass is 79.9. The fraction of sp³-hybridized carbons (Fsp3) is 0.250. The number of hydrogen-bond donors (Lipinski definition) is 1. The second kappa shape index (κ2) is 4.02. The molecule has 0 saturated carbocycles. The van der Waals surface area contributed by atoms with E-state index in [0.29, 0.717) is 0 Å². The number of nitrogens with two attached hydrogens (primary N) is 1. The van der Waals surface area contributed by atoms with Gasteiger partial charge in [-0.15, -0.1) is 0 Å². The van der Waals surface area contributed by atoms with Crippen LogP contribution in [0.25, 0.3) is 0 Å². The number of alkyl halides is 2. The van der Waals surface area contributed by atoms with Crippen molar-refractivity contribution in [2.45, 2.75) is 6.11 Å². The van der Waals surface area contributed by atoms with Crippen molar-refractivity contribution in [3.05, 3.63) is 28.7 Å². The molecule has 0 radical (unpaired) electrons. The average Bonchev–Trinajstić information content (AvgIpc) is 2.09. The van der Waals surface area contributed by atoms with Gasteiger partial charge in [-0.3, -0.25) is 0 Å². The topological polar surface area (TPSA) is 35.2 Å². The molecule has 0 saturated heterocycles. The summed E-state index contributed by atoms with van der Waals surface area (Å²) in [5.41, 5.74) is 4.80. The smallest absolute Gasteiger partial charge is 0.410 e. The van der Waals surface area contributed by atoms with Crippen LogP contribution in [-0.4, -0.2) is 12.7 Å². The van der Waals surface area contributed by atoms with E-state index >= 15 is 0 Å². The van der Waals surface area contributed by atoms with E-state index in [-0.39, 0.29) is 5.75 Å². The van der Waals surface area contributed by atoms with Gasteiger partial charge in [0.05, 0.1) is 6.54 Å². The zero-order valence-corrected chi connectivity index (χ0v) is 8.22. The Labute approximate surface area is 82.8 Å². The number of hydrogen-bond acceptors (Lipinski definition) is 2. The summed E-state index contributed by atoms with van der Waals surface area (Å²) in [6, 6.07) is 6.10. The zero-order valence-electron chi connectivity index (χ0n) is 6.64. The van der Waals surface area contributed by atoms with Gasteiger partial charge < -0.3 is 10.5 Å². The van der Waals surface area contributed by atoms with E-state index in [0.717, 1.165) is 4.47 Å². The van der Waals surface area contributed by atoms with E-state index in [1.165, 1.54) is 12.1 Å². The van der Waals surface area contributed by atoms with Gasteiger partial charge in [-0.25, -0.2) is 0 Å². The van der Waals surface area contributed by atoms with E-state index < -0.39 is 12.7 Å². The summed E-state index contributed by atoms with van der Waals surface area (Å²) in [5, 5.41) is 0. The van der Waals surface area contributed by atoms with Crippen molar-refractivity contribution in [2.75, 3.05) is 6.54 Å².